The Labute approximate surface area is 208 Å². The number of rotatable bonds is 5. The first-order valence-corrected chi connectivity index (χ1v) is 11.8. The van der Waals surface area contributed by atoms with E-state index in [0.717, 1.165) is 24.4 Å². The molecule has 2 aromatic heterocycles. The van der Waals surface area contributed by atoms with E-state index < -0.39 is 69.0 Å². The second kappa shape index (κ2) is 9.21. The van der Waals surface area contributed by atoms with Crippen molar-refractivity contribution in [2.75, 3.05) is 11.4 Å². The average molecular weight is 534 g/mol. The smallest absolute Gasteiger partial charge is 0.269 e. The van der Waals surface area contributed by atoms with Crippen molar-refractivity contribution in [3.63, 3.8) is 0 Å². The molecule has 3 N–H and O–H groups in total. The first-order valence-electron chi connectivity index (χ1n) is 10.8. The van der Waals surface area contributed by atoms with Gasteiger partial charge in [0.2, 0.25) is 0 Å². The number of aromatic nitrogens is 3. The van der Waals surface area contributed by atoms with E-state index in [2.05, 4.69) is 20.5 Å². The zero-order valence-corrected chi connectivity index (χ0v) is 19.6. The number of halogens is 4. The summed E-state index contributed by atoms with van der Waals surface area (Å²) in [5.74, 6) is -5.52. The van der Waals surface area contributed by atoms with Crippen molar-refractivity contribution in [1.29, 1.82) is 0 Å². The number of aliphatic hydroxyl groups excluding tert-OH is 1. The van der Waals surface area contributed by atoms with E-state index >= 15 is 8.78 Å². The van der Waals surface area contributed by atoms with Crippen molar-refractivity contribution in [2.45, 2.75) is 18.9 Å². The predicted octanol–water partition coefficient (Wildman–Crippen LogP) is 3.45. The van der Waals surface area contributed by atoms with Gasteiger partial charge < -0.3 is 15.0 Å². The first-order chi connectivity index (χ1) is 17.6. The summed E-state index contributed by atoms with van der Waals surface area (Å²) in [5.41, 5.74) is -2.95. The van der Waals surface area contributed by atoms with Gasteiger partial charge >= 0.3 is 0 Å². The van der Waals surface area contributed by atoms with Crippen LogP contribution in [0.1, 0.15) is 34.1 Å². The van der Waals surface area contributed by atoms with E-state index in [-0.39, 0.29) is 40.7 Å². The molecule has 192 valence electrons. The van der Waals surface area contributed by atoms with E-state index in [1.165, 1.54) is 7.05 Å². The highest BCUT2D eigenvalue weighted by Gasteiger charge is 2.31. The second-order valence-corrected chi connectivity index (χ2v) is 8.97. The monoisotopic (exact) mass is 534 g/mol. The standard InChI is InChI=1S/C23H17F4N5O4S/c1-28-23(34)21-12-8-29-22(19(27)20(12)30-31-21)17-13(25)3-4-14(18(17)26)32(37(35)36)15-7-9(24)6-11-10(15)2-5-16(11)33/h3-4,6-8,16,33H,2,5H2,1H3,(H,28,34)(H,30,31)(H,35,36)/p-1. The maximum absolute atomic E-state index is 15.8. The number of carbonyl (C=O) groups excluding carboxylic acids is 1. The Balaban J connectivity index is 1.71. The van der Waals surface area contributed by atoms with E-state index in [0.29, 0.717) is 10.4 Å². The number of H-pyrrole nitrogens is 1. The van der Waals surface area contributed by atoms with Crippen LogP contribution in [0.4, 0.5) is 28.9 Å². The highest BCUT2D eigenvalue weighted by atomic mass is 32.2. The fourth-order valence-electron chi connectivity index (χ4n) is 4.45. The van der Waals surface area contributed by atoms with Crippen LogP contribution in [0.2, 0.25) is 0 Å². The maximum Gasteiger partial charge on any atom is 0.269 e. The molecule has 1 aliphatic carbocycles. The number of aliphatic hydroxyl groups is 1. The molecule has 0 aliphatic heterocycles. The number of hydrogen-bond acceptors (Lipinski definition) is 6. The summed E-state index contributed by atoms with van der Waals surface area (Å²) in [5, 5.41) is 18.4. The van der Waals surface area contributed by atoms with E-state index in [9.17, 15) is 27.4 Å². The Bertz CT molecular complexity index is 1610. The Morgan fingerprint density at radius 2 is 1.97 bits per heavy atom. The molecule has 2 atom stereocenters. The van der Waals surface area contributed by atoms with Crippen LogP contribution in [-0.2, 0) is 17.7 Å². The topological polar surface area (TPSA) is 134 Å². The SMILES string of the molecule is CNC(=O)c1[nH]nc2c(F)c(-c3c(F)ccc(N(c4cc(F)cc5c4CCC5O)S(=O)[O-])c3F)ncc12. The summed E-state index contributed by atoms with van der Waals surface area (Å²) in [6.45, 7) is 0. The number of nitrogens with zero attached hydrogens (tertiary/aromatic N) is 3. The van der Waals surface area contributed by atoms with E-state index in [1.807, 2.05) is 0 Å². The molecule has 2 unspecified atom stereocenters. The Morgan fingerprint density at radius 1 is 1.22 bits per heavy atom. The molecule has 0 spiro atoms. The third-order valence-corrected chi connectivity index (χ3v) is 6.83. The Hall–Kier alpha value is -3.88. The van der Waals surface area contributed by atoms with Crippen molar-refractivity contribution < 1.29 is 36.2 Å². The molecule has 4 aromatic rings. The molecule has 0 bridgehead atoms. The lowest BCUT2D eigenvalue weighted by Gasteiger charge is -2.29. The predicted molar refractivity (Wildman–Crippen MR) is 123 cm³/mol. The van der Waals surface area contributed by atoms with Crippen molar-refractivity contribution in [3.8, 4) is 11.3 Å². The number of hydrogen-bond donors (Lipinski definition) is 3. The van der Waals surface area contributed by atoms with Crippen molar-refractivity contribution in [2.24, 2.45) is 0 Å². The number of aromatic amines is 1. The molecule has 9 nitrogen and oxygen atoms in total. The minimum Gasteiger partial charge on any atom is -0.755 e. The second-order valence-electron chi connectivity index (χ2n) is 8.17. The van der Waals surface area contributed by atoms with Crippen LogP contribution in [-0.4, -0.2) is 42.0 Å². The van der Waals surface area contributed by atoms with E-state index in [1.54, 1.807) is 0 Å². The Kier molecular flexibility index (Phi) is 6.17. The van der Waals surface area contributed by atoms with Gasteiger partial charge in [0, 0.05) is 13.2 Å². The summed E-state index contributed by atoms with van der Waals surface area (Å²) < 4.78 is 85.3. The van der Waals surface area contributed by atoms with Crippen LogP contribution in [0.15, 0.2) is 30.5 Å². The largest absolute Gasteiger partial charge is 0.755 e. The van der Waals surface area contributed by atoms with Gasteiger partial charge in [-0.2, -0.15) is 5.10 Å². The quantitative estimate of drug-likeness (QED) is 0.265. The lowest BCUT2D eigenvalue weighted by atomic mass is 10.0. The van der Waals surface area contributed by atoms with Crippen LogP contribution in [0, 0.1) is 23.3 Å². The number of fused-ring (bicyclic) bond motifs is 2. The number of nitrogens with one attached hydrogen (secondary N) is 2. The van der Waals surface area contributed by atoms with Crippen molar-refractivity contribution in [3.05, 3.63) is 70.6 Å². The molecule has 37 heavy (non-hydrogen) atoms. The van der Waals surface area contributed by atoms with Gasteiger partial charge in [0.15, 0.2) is 11.6 Å². The molecular formula is C23H16F4N5O4S-. The van der Waals surface area contributed by atoms with Gasteiger partial charge in [-0.3, -0.25) is 23.4 Å². The molecule has 1 aliphatic rings. The molecule has 1 amide bonds. The lowest BCUT2D eigenvalue weighted by molar-refractivity contribution is 0.0959. The van der Waals surface area contributed by atoms with Crippen LogP contribution < -0.4 is 9.62 Å². The number of benzene rings is 2. The number of carbonyl (C=O) groups is 1. The van der Waals surface area contributed by atoms with Crippen LogP contribution in [0.3, 0.4) is 0 Å². The highest BCUT2D eigenvalue weighted by molar-refractivity contribution is 7.81. The third-order valence-electron chi connectivity index (χ3n) is 6.14. The molecular weight excluding hydrogens is 518 g/mol. The highest BCUT2D eigenvalue weighted by Crippen LogP contribution is 2.43. The van der Waals surface area contributed by atoms with Gasteiger partial charge in [0.05, 0.1) is 39.7 Å². The van der Waals surface area contributed by atoms with Crippen LogP contribution >= 0.6 is 0 Å². The molecule has 0 saturated carbocycles. The summed E-state index contributed by atoms with van der Waals surface area (Å²) in [7, 11) is 1.34. The third kappa shape index (κ3) is 3.93. The summed E-state index contributed by atoms with van der Waals surface area (Å²) in [4.78, 5) is 15.7. The fourth-order valence-corrected chi connectivity index (χ4v) is 5.08. The van der Waals surface area contributed by atoms with Gasteiger partial charge in [0.25, 0.3) is 5.91 Å². The molecule has 14 heteroatoms. The molecule has 5 rings (SSSR count). The molecule has 0 radical (unpaired) electrons. The molecule has 2 aromatic carbocycles. The minimum absolute atomic E-state index is 0.0475. The van der Waals surface area contributed by atoms with Gasteiger partial charge in [-0.25, -0.2) is 17.6 Å². The number of pyridine rings is 1. The first kappa shape index (κ1) is 24.8. The zero-order chi connectivity index (χ0) is 26.6. The molecule has 0 fully saturated rings. The fraction of sp³-hybridized carbons (Fsp3) is 0.174. The van der Waals surface area contributed by atoms with Gasteiger partial charge in [-0.15, -0.1) is 0 Å². The maximum atomic E-state index is 15.8. The zero-order valence-electron chi connectivity index (χ0n) is 18.8. The summed E-state index contributed by atoms with van der Waals surface area (Å²) in [6.07, 6.45) is 0.324. The summed E-state index contributed by atoms with van der Waals surface area (Å²) >= 11 is -3.23. The van der Waals surface area contributed by atoms with Crippen molar-refractivity contribution in [1.82, 2.24) is 20.5 Å². The molecule has 0 saturated heterocycles. The normalized spacial score (nSPS) is 15.6. The average Bonchev–Trinajstić information content (AvgIpc) is 3.45. The van der Waals surface area contributed by atoms with Gasteiger partial charge in [-0.05, 0) is 48.2 Å². The summed E-state index contributed by atoms with van der Waals surface area (Å²) in [6, 6.07) is 3.43. The van der Waals surface area contributed by atoms with Gasteiger partial charge in [-0.1, -0.05) is 0 Å². The van der Waals surface area contributed by atoms with E-state index in [4.69, 9.17) is 0 Å². The number of anilines is 2. The van der Waals surface area contributed by atoms with Crippen LogP contribution in [0.25, 0.3) is 22.2 Å². The lowest BCUT2D eigenvalue weighted by Crippen LogP contribution is -2.23. The van der Waals surface area contributed by atoms with Crippen LogP contribution in [0.5, 0.6) is 0 Å². The minimum atomic E-state index is -3.23. The Morgan fingerprint density at radius 3 is 2.68 bits per heavy atom. The molecule has 2 heterocycles. The number of amides is 1. The van der Waals surface area contributed by atoms with Crippen molar-refractivity contribution >= 4 is 39.5 Å². The van der Waals surface area contributed by atoms with Gasteiger partial charge in [0.1, 0.15) is 28.5 Å².